The topological polar surface area (TPSA) is 67.4 Å². The molecule has 0 aromatic heterocycles. The third kappa shape index (κ3) is 4.14. The summed E-state index contributed by atoms with van der Waals surface area (Å²) in [5.41, 5.74) is 1.92. The normalized spacial score (nSPS) is 9.50. The summed E-state index contributed by atoms with van der Waals surface area (Å²) in [5, 5.41) is 5.45. The van der Waals surface area contributed by atoms with Gasteiger partial charge in [-0.2, -0.15) is 0 Å². The molecule has 0 spiro atoms. The maximum Gasteiger partial charge on any atom is 0.337 e. The highest BCUT2D eigenvalue weighted by atomic mass is 32.1. The highest BCUT2D eigenvalue weighted by Gasteiger charge is 2.08. The number of anilines is 1. The van der Waals surface area contributed by atoms with Crippen LogP contribution in [0.15, 0.2) is 18.2 Å². The zero-order valence-electron chi connectivity index (χ0n) is 10.4. The number of thiocarbonyl (C=S) groups is 1. The second-order valence-corrected chi connectivity index (χ2v) is 4.12. The first-order chi connectivity index (χ1) is 8.42. The van der Waals surface area contributed by atoms with E-state index in [9.17, 15) is 9.59 Å². The highest BCUT2D eigenvalue weighted by molar-refractivity contribution is 7.80. The van der Waals surface area contributed by atoms with Gasteiger partial charge >= 0.3 is 5.97 Å². The third-order valence-electron chi connectivity index (χ3n) is 2.05. The summed E-state index contributed by atoms with van der Waals surface area (Å²) in [6.45, 7) is 3.21. The Labute approximate surface area is 111 Å². The summed E-state index contributed by atoms with van der Waals surface area (Å²) < 4.78 is 4.65. The van der Waals surface area contributed by atoms with E-state index in [4.69, 9.17) is 12.2 Å². The van der Waals surface area contributed by atoms with Crippen LogP contribution in [0.1, 0.15) is 22.8 Å². The van der Waals surface area contributed by atoms with Crippen molar-refractivity contribution in [2.24, 2.45) is 0 Å². The molecule has 1 rings (SSSR count). The van der Waals surface area contributed by atoms with Crippen molar-refractivity contribution in [3.8, 4) is 0 Å². The minimum absolute atomic E-state index is 0.184. The summed E-state index contributed by atoms with van der Waals surface area (Å²) in [7, 11) is 1.32. The molecule has 1 aromatic carbocycles. The van der Waals surface area contributed by atoms with E-state index >= 15 is 0 Å². The zero-order chi connectivity index (χ0) is 13.7. The Hall–Kier alpha value is -1.95. The molecule has 1 aromatic rings. The smallest absolute Gasteiger partial charge is 0.337 e. The highest BCUT2D eigenvalue weighted by Crippen LogP contribution is 2.15. The lowest BCUT2D eigenvalue weighted by molar-refractivity contribution is -0.117. The number of carbonyl (C=O) groups excluding carboxylic acids is 2. The summed E-state index contributed by atoms with van der Waals surface area (Å²) in [6.07, 6.45) is 0. The second-order valence-electron chi connectivity index (χ2n) is 3.71. The van der Waals surface area contributed by atoms with E-state index in [1.165, 1.54) is 14.0 Å². The van der Waals surface area contributed by atoms with Crippen LogP contribution in [-0.4, -0.2) is 24.1 Å². The van der Waals surface area contributed by atoms with E-state index < -0.39 is 5.97 Å². The number of methoxy groups -OCH3 is 1. The van der Waals surface area contributed by atoms with E-state index in [2.05, 4.69) is 15.4 Å². The molecule has 5 nitrogen and oxygen atoms in total. The van der Waals surface area contributed by atoms with Gasteiger partial charge in [0.05, 0.1) is 12.7 Å². The Bertz CT molecular complexity index is 500. The van der Waals surface area contributed by atoms with E-state index in [0.717, 1.165) is 5.56 Å². The van der Waals surface area contributed by atoms with E-state index in [0.29, 0.717) is 11.3 Å². The van der Waals surface area contributed by atoms with Gasteiger partial charge in [-0.05, 0) is 42.9 Å². The largest absolute Gasteiger partial charge is 0.465 e. The molecule has 0 fully saturated rings. The van der Waals surface area contributed by atoms with Crippen molar-refractivity contribution in [2.45, 2.75) is 13.8 Å². The van der Waals surface area contributed by atoms with Crippen molar-refractivity contribution < 1.29 is 14.3 Å². The summed E-state index contributed by atoms with van der Waals surface area (Å²) in [5.74, 6) is -0.680. The Morgan fingerprint density at radius 1 is 1.28 bits per heavy atom. The number of hydrogen-bond donors (Lipinski definition) is 2. The van der Waals surface area contributed by atoms with Crippen LogP contribution in [-0.2, 0) is 9.53 Å². The molecule has 0 aliphatic heterocycles. The lowest BCUT2D eigenvalue weighted by Gasteiger charge is -2.10. The number of carbonyl (C=O) groups is 2. The van der Waals surface area contributed by atoms with Crippen LogP contribution in [0.2, 0.25) is 0 Å². The molecule has 18 heavy (non-hydrogen) atoms. The van der Waals surface area contributed by atoms with E-state index in [1.54, 1.807) is 18.2 Å². The minimum atomic E-state index is -0.424. The van der Waals surface area contributed by atoms with Gasteiger partial charge in [0.15, 0.2) is 5.11 Å². The van der Waals surface area contributed by atoms with Crippen LogP contribution in [0.25, 0.3) is 0 Å². The van der Waals surface area contributed by atoms with Crippen molar-refractivity contribution in [1.29, 1.82) is 0 Å². The number of amides is 1. The number of ether oxygens (including phenoxy) is 1. The molecule has 2 N–H and O–H groups in total. The maximum atomic E-state index is 11.4. The predicted molar refractivity (Wildman–Crippen MR) is 72.6 cm³/mol. The molecule has 0 unspecified atom stereocenters. The lowest BCUT2D eigenvalue weighted by Crippen LogP contribution is -2.32. The Kier molecular flexibility index (Phi) is 4.79. The molecule has 0 saturated heterocycles. The fourth-order valence-corrected chi connectivity index (χ4v) is 1.67. The van der Waals surface area contributed by atoms with Crippen LogP contribution >= 0.6 is 12.2 Å². The zero-order valence-corrected chi connectivity index (χ0v) is 11.2. The summed E-state index contributed by atoms with van der Waals surface area (Å²) in [6, 6.07) is 5.12. The van der Waals surface area contributed by atoms with Gasteiger partial charge in [0.2, 0.25) is 5.91 Å². The van der Waals surface area contributed by atoms with Crippen LogP contribution in [0.3, 0.4) is 0 Å². The first-order valence-electron chi connectivity index (χ1n) is 5.21. The number of hydrogen-bond acceptors (Lipinski definition) is 4. The Morgan fingerprint density at radius 2 is 1.94 bits per heavy atom. The third-order valence-corrected chi connectivity index (χ3v) is 2.25. The van der Waals surface area contributed by atoms with Gasteiger partial charge in [-0.3, -0.25) is 4.79 Å². The molecule has 0 aliphatic carbocycles. The fourth-order valence-electron chi connectivity index (χ4n) is 1.41. The number of rotatable bonds is 2. The molecule has 1 amide bonds. The molecular weight excluding hydrogens is 252 g/mol. The first kappa shape index (κ1) is 14.1. The average molecular weight is 266 g/mol. The Balaban J connectivity index is 2.89. The van der Waals surface area contributed by atoms with Gasteiger partial charge in [-0.15, -0.1) is 0 Å². The molecule has 96 valence electrons. The first-order valence-corrected chi connectivity index (χ1v) is 5.62. The van der Waals surface area contributed by atoms with Gasteiger partial charge in [-0.1, -0.05) is 0 Å². The number of benzene rings is 1. The number of aryl methyl sites for hydroxylation is 1. The number of nitrogens with one attached hydrogen (secondary N) is 2. The van der Waals surface area contributed by atoms with Crippen LogP contribution in [0, 0.1) is 6.92 Å². The SMILES string of the molecule is COC(=O)c1cc(C)cc(NC(=S)NC(C)=O)c1. The molecular formula is C12H14N2O3S. The molecule has 6 heteroatoms. The molecule has 0 bridgehead atoms. The van der Waals surface area contributed by atoms with Gasteiger partial charge in [-0.25, -0.2) is 4.79 Å². The van der Waals surface area contributed by atoms with Gasteiger partial charge in [0.25, 0.3) is 0 Å². The molecule has 0 aliphatic rings. The summed E-state index contributed by atoms with van der Waals surface area (Å²) in [4.78, 5) is 22.2. The molecule has 0 saturated carbocycles. The molecule has 0 atom stereocenters. The van der Waals surface area contributed by atoms with Crippen LogP contribution in [0.4, 0.5) is 5.69 Å². The molecule has 0 radical (unpaired) electrons. The minimum Gasteiger partial charge on any atom is -0.465 e. The Morgan fingerprint density at radius 3 is 2.50 bits per heavy atom. The van der Waals surface area contributed by atoms with Crippen molar-refractivity contribution >= 4 is 34.9 Å². The maximum absolute atomic E-state index is 11.4. The van der Waals surface area contributed by atoms with Gasteiger partial charge < -0.3 is 15.4 Å². The summed E-state index contributed by atoms with van der Waals surface area (Å²) >= 11 is 4.93. The van der Waals surface area contributed by atoms with Crippen molar-refractivity contribution in [3.63, 3.8) is 0 Å². The predicted octanol–water partition coefficient (Wildman–Crippen LogP) is 1.61. The van der Waals surface area contributed by atoms with E-state index in [1.807, 2.05) is 6.92 Å². The standard InChI is InChI=1S/C12H14N2O3S/c1-7-4-9(11(16)17-3)6-10(5-7)14-12(18)13-8(2)15/h4-6H,1-3H3,(H2,13,14,15,18). The van der Waals surface area contributed by atoms with Gasteiger partial charge in [0, 0.05) is 12.6 Å². The van der Waals surface area contributed by atoms with Crippen molar-refractivity contribution in [1.82, 2.24) is 5.32 Å². The van der Waals surface area contributed by atoms with E-state index in [-0.39, 0.29) is 11.0 Å². The van der Waals surface area contributed by atoms with Crippen LogP contribution < -0.4 is 10.6 Å². The van der Waals surface area contributed by atoms with Crippen LogP contribution in [0.5, 0.6) is 0 Å². The number of esters is 1. The van der Waals surface area contributed by atoms with Gasteiger partial charge in [0.1, 0.15) is 0 Å². The lowest BCUT2D eigenvalue weighted by atomic mass is 10.1. The monoisotopic (exact) mass is 266 g/mol. The second kappa shape index (κ2) is 6.11. The quantitative estimate of drug-likeness (QED) is 0.629. The molecule has 0 heterocycles. The fraction of sp³-hybridized carbons (Fsp3) is 0.250. The average Bonchev–Trinajstić information content (AvgIpc) is 2.25. The van der Waals surface area contributed by atoms with Crippen molar-refractivity contribution in [2.75, 3.05) is 12.4 Å². The van der Waals surface area contributed by atoms with Crippen molar-refractivity contribution in [3.05, 3.63) is 29.3 Å².